The van der Waals surface area contributed by atoms with Gasteiger partial charge in [-0.25, -0.2) is 0 Å². The van der Waals surface area contributed by atoms with E-state index in [0.717, 1.165) is 16.3 Å². The summed E-state index contributed by atoms with van der Waals surface area (Å²) in [6, 6.07) is 25.2. The van der Waals surface area contributed by atoms with Crippen molar-refractivity contribution in [1.82, 2.24) is 4.57 Å². The van der Waals surface area contributed by atoms with Crippen molar-refractivity contribution >= 4 is 40.2 Å². The van der Waals surface area contributed by atoms with Gasteiger partial charge in [0, 0.05) is 44.4 Å². The van der Waals surface area contributed by atoms with Gasteiger partial charge in [-0.2, -0.15) is 0 Å². The molecule has 1 aromatic heterocycles. The molecule has 5 heteroatoms. The van der Waals surface area contributed by atoms with E-state index in [1.165, 1.54) is 33.4 Å². The zero-order chi connectivity index (χ0) is 25.2. The van der Waals surface area contributed by atoms with Gasteiger partial charge in [-0.05, 0) is 67.3 Å². The van der Waals surface area contributed by atoms with Gasteiger partial charge in [0.1, 0.15) is 0 Å². The van der Waals surface area contributed by atoms with Crippen molar-refractivity contribution in [2.75, 3.05) is 7.11 Å². The van der Waals surface area contributed by atoms with Gasteiger partial charge >= 0.3 is 5.97 Å². The summed E-state index contributed by atoms with van der Waals surface area (Å²) in [6.45, 7) is 9.05. The standard InChI is InChI=1S/C30H32ClNO2S/c1-20(2)22-13-16-26-25(17-22)28(35-24-9-7-6-8-10-24)27(18-30(3,4)29(33)34-5)32(26)19-21-11-14-23(31)15-12-21/h6-17,20H,18-19H2,1-5H3. The first-order chi connectivity index (χ1) is 16.7. The van der Waals surface area contributed by atoms with Gasteiger partial charge in [-0.1, -0.05) is 73.6 Å². The second-order valence-electron chi connectivity index (χ2n) is 9.89. The van der Waals surface area contributed by atoms with Gasteiger partial charge in [-0.3, -0.25) is 4.79 Å². The number of halogens is 1. The lowest BCUT2D eigenvalue weighted by Gasteiger charge is -2.23. The highest BCUT2D eigenvalue weighted by molar-refractivity contribution is 7.99. The Morgan fingerprint density at radius 1 is 1.03 bits per heavy atom. The van der Waals surface area contributed by atoms with Gasteiger partial charge in [0.25, 0.3) is 0 Å². The fraction of sp³-hybridized carbons (Fsp3) is 0.300. The molecule has 0 radical (unpaired) electrons. The fourth-order valence-corrected chi connectivity index (χ4v) is 5.60. The van der Waals surface area contributed by atoms with Crippen LogP contribution in [0.1, 0.15) is 50.4 Å². The minimum absolute atomic E-state index is 0.209. The molecule has 4 rings (SSSR count). The van der Waals surface area contributed by atoms with Crippen LogP contribution in [0.5, 0.6) is 0 Å². The Kier molecular flexibility index (Phi) is 7.63. The van der Waals surface area contributed by atoms with Crippen LogP contribution in [0.3, 0.4) is 0 Å². The van der Waals surface area contributed by atoms with Crippen LogP contribution in [0.25, 0.3) is 10.9 Å². The number of ether oxygens (including phenoxy) is 1. The highest BCUT2D eigenvalue weighted by Crippen LogP contribution is 2.42. The van der Waals surface area contributed by atoms with Gasteiger partial charge in [0.15, 0.2) is 0 Å². The Labute approximate surface area is 217 Å². The van der Waals surface area contributed by atoms with Crippen molar-refractivity contribution in [1.29, 1.82) is 0 Å². The summed E-state index contributed by atoms with van der Waals surface area (Å²) < 4.78 is 7.53. The molecular formula is C30H32ClNO2S. The molecule has 3 nitrogen and oxygen atoms in total. The van der Waals surface area contributed by atoms with Crippen LogP contribution in [-0.4, -0.2) is 17.6 Å². The highest BCUT2D eigenvalue weighted by atomic mass is 35.5. The second-order valence-corrected chi connectivity index (χ2v) is 11.4. The van der Waals surface area contributed by atoms with Gasteiger partial charge in [0.2, 0.25) is 0 Å². The molecule has 3 aromatic carbocycles. The van der Waals surface area contributed by atoms with Crippen LogP contribution >= 0.6 is 23.4 Å². The predicted octanol–water partition coefficient (Wildman–Crippen LogP) is 8.36. The van der Waals surface area contributed by atoms with Crippen LogP contribution in [0, 0.1) is 5.41 Å². The number of rotatable bonds is 8. The summed E-state index contributed by atoms with van der Waals surface area (Å²) in [7, 11) is 1.46. The average molecular weight is 506 g/mol. The lowest BCUT2D eigenvalue weighted by atomic mass is 9.87. The first-order valence-electron chi connectivity index (χ1n) is 11.9. The topological polar surface area (TPSA) is 31.2 Å². The quantitative estimate of drug-likeness (QED) is 0.225. The Morgan fingerprint density at radius 3 is 2.34 bits per heavy atom. The van der Waals surface area contributed by atoms with Crippen molar-refractivity contribution in [2.45, 2.75) is 56.4 Å². The number of esters is 1. The molecule has 0 unspecified atom stereocenters. The fourth-order valence-electron chi connectivity index (χ4n) is 4.37. The SMILES string of the molecule is COC(=O)C(C)(C)Cc1c(Sc2ccccc2)c2cc(C(C)C)ccc2n1Cc1ccc(Cl)cc1. The maximum atomic E-state index is 12.7. The van der Waals surface area contributed by atoms with Crippen LogP contribution in [0.4, 0.5) is 0 Å². The van der Waals surface area contributed by atoms with E-state index in [9.17, 15) is 4.79 Å². The Morgan fingerprint density at radius 2 is 1.71 bits per heavy atom. The minimum Gasteiger partial charge on any atom is -0.469 e. The minimum atomic E-state index is -0.673. The average Bonchev–Trinajstić information content (AvgIpc) is 3.11. The van der Waals surface area contributed by atoms with E-state index >= 15 is 0 Å². The smallest absolute Gasteiger partial charge is 0.311 e. The molecule has 0 fully saturated rings. The predicted molar refractivity (Wildman–Crippen MR) is 147 cm³/mol. The van der Waals surface area contributed by atoms with E-state index in [-0.39, 0.29) is 5.97 Å². The number of hydrogen-bond acceptors (Lipinski definition) is 3. The number of benzene rings is 3. The highest BCUT2D eigenvalue weighted by Gasteiger charge is 2.33. The number of nitrogens with zero attached hydrogens (tertiary/aromatic N) is 1. The molecule has 0 atom stereocenters. The van der Waals surface area contributed by atoms with Crippen molar-refractivity contribution in [3.8, 4) is 0 Å². The summed E-state index contributed by atoms with van der Waals surface area (Å²) in [5.74, 6) is 0.211. The normalized spacial score (nSPS) is 11.9. The molecule has 0 saturated heterocycles. The lowest BCUT2D eigenvalue weighted by molar-refractivity contribution is -0.150. The molecular weight excluding hydrogens is 474 g/mol. The zero-order valence-corrected chi connectivity index (χ0v) is 22.5. The van der Waals surface area contributed by atoms with E-state index in [1.54, 1.807) is 11.8 Å². The molecule has 4 aromatic rings. The van der Waals surface area contributed by atoms with Crippen LogP contribution in [0.15, 0.2) is 82.6 Å². The zero-order valence-electron chi connectivity index (χ0n) is 21.0. The number of hydrogen-bond donors (Lipinski definition) is 0. The van der Waals surface area contributed by atoms with Crippen molar-refractivity contribution < 1.29 is 9.53 Å². The van der Waals surface area contributed by atoms with Gasteiger partial charge < -0.3 is 9.30 Å². The van der Waals surface area contributed by atoms with E-state index in [4.69, 9.17) is 16.3 Å². The monoisotopic (exact) mass is 505 g/mol. The largest absolute Gasteiger partial charge is 0.469 e. The third kappa shape index (κ3) is 5.60. The number of aromatic nitrogens is 1. The van der Waals surface area contributed by atoms with E-state index in [2.05, 4.69) is 73.0 Å². The second kappa shape index (κ2) is 10.5. The van der Waals surface area contributed by atoms with Crippen molar-refractivity contribution in [3.05, 3.63) is 94.6 Å². The summed E-state index contributed by atoms with van der Waals surface area (Å²) in [5, 5.41) is 1.94. The molecule has 0 aliphatic heterocycles. The molecule has 0 aliphatic rings. The van der Waals surface area contributed by atoms with E-state index in [1.807, 2.05) is 32.0 Å². The van der Waals surface area contributed by atoms with E-state index < -0.39 is 5.41 Å². The van der Waals surface area contributed by atoms with Crippen LogP contribution < -0.4 is 0 Å². The number of fused-ring (bicyclic) bond motifs is 1. The molecule has 1 heterocycles. The first kappa shape index (κ1) is 25.4. The molecule has 0 bridgehead atoms. The molecule has 0 saturated carbocycles. The number of methoxy groups -OCH3 is 1. The third-order valence-electron chi connectivity index (χ3n) is 6.38. The van der Waals surface area contributed by atoms with Gasteiger partial charge in [0.05, 0.1) is 12.5 Å². The Hall–Kier alpha value is -2.69. The molecule has 182 valence electrons. The number of carbonyl (C=O) groups is 1. The van der Waals surface area contributed by atoms with Gasteiger partial charge in [-0.15, -0.1) is 0 Å². The summed E-state index contributed by atoms with van der Waals surface area (Å²) in [5.41, 5.74) is 4.09. The molecule has 0 amide bonds. The number of carbonyl (C=O) groups excluding carboxylic acids is 1. The summed E-state index contributed by atoms with van der Waals surface area (Å²) >= 11 is 7.92. The maximum absolute atomic E-state index is 12.7. The molecule has 0 aliphatic carbocycles. The summed E-state index contributed by atoms with van der Waals surface area (Å²) in [6.07, 6.45) is 0.564. The lowest BCUT2D eigenvalue weighted by Crippen LogP contribution is -2.29. The Balaban J connectivity index is 1.96. The van der Waals surface area contributed by atoms with Crippen LogP contribution in [0.2, 0.25) is 5.02 Å². The Bertz CT molecular complexity index is 1320. The van der Waals surface area contributed by atoms with Crippen molar-refractivity contribution in [3.63, 3.8) is 0 Å². The molecule has 0 N–H and O–H groups in total. The summed E-state index contributed by atoms with van der Waals surface area (Å²) in [4.78, 5) is 15.1. The third-order valence-corrected chi connectivity index (χ3v) is 7.79. The van der Waals surface area contributed by atoms with Crippen molar-refractivity contribution in [2.24, 2.45) is 5.41 Å². The molecule has 0 spiro atoms. The maximum Gasteiger partial charge on any atom is 0.311 e. The van der Waals surface area contributed by atoms with Crippen LogP contribution in [-0.2, 0) is 22.5 Å². The molecule has 35 heavy (non-hydrogen) atoms. The first-order valence-corrected chi connectivity index (χ1v) is 13.1. The van der Waals surface area contributed by atoms with E-state index in [0.29, 0.717) is 18.9 Å².